The van der Waals surface area contributed by atoms with Gasteiger partial charge in [0.25, 0.3) is 0 Å². The van der Waals surface area contributed by atoms with Gasteiger partial charge >= 0.3 is 5.97 Å². The third kappa shape index (κ3) is 5.88. The lowest BCUT2D eigenvalue weighted by molar-refractivity contribution is -0.137. The molecule has 1 aromatic rings. The fourth-order valence-corrected chi connectivity index (χ4v) is 2.17. The van der Waals surface area contributed by atoms with Gasteiger partial charge in [0.05, 0.1) is 6.42 Å². The number of nitrogens with one attached hydrogen (secondary N) is 1. The van der Waals surface area contributed by atoms with Gasteiger partial charge in [-0.25, -0.2) is 0 Å². The van der Waals surface area contributed by atoms with E-state index in [0.717, 1.165) is 13.0 Å². The molecular weight excluding hydrogens is 238 g/mol. The molecule has 106 valence electrons. The summed E-state index contributed by atoms with van der Waals surface area (Å²) in [6.45, 7) is 9.26. The van der Waals surface area contributed by atoms with Gasteiger partial charge in [0, 0.05) is 6.04 Å². The van der Waals surface area contributed by atoms with Crippen molar-refractivity contribution in [3.63, 3.8) is 0 Å². The van der Waals surface area contributed by atoms with E-state index >= 15 is 0 Å². The molecule has 0 radical (unpaired) electrons. The summed E-state index contributed by atoms with van der Waals surface area (Å²) in [7, 11) is 0. The maximum absolute atomic E-state index is 10.9. The van der Waals surface area contributed by atoms with Gasteiger partial charge in [-0.3, -0.25) is 4.79 Å². The second kappa shape index (κ2) is 7.29. The van der Waals surface area contributed by atoms with Crippen LogP contribution in [0.1, 0.15) is 37.0 Å². The first-order chi connectivity index (χ1) is 8.88. The summed E-state index contributed by atoms with van der Waals surface area (Å²) in [4.78, 5) is 10.9. The van der Waals surface area contributed by atoms with Gasteiger partial charge < -0.3 is 10.4 Å². The summed E-state index contributed by atoms with van der Waals surface area (Å²) in [5, 5.41) is 12.4. The van der Waals surface area contributed by atoms with Crippen molar-refractivity contribution in [3.05, 3.63) is 34.9 Å². The summed E-state index contributed by atoms with van der Waals surface area (Å²) in [6, 6.07) is 6.34. The molecule has 0 saturated heterocycles. The molecule has 0 aromatic heterocycles. The van der Waals surface area contributed by atoms with Crippen LogP contribution in [-0.4, -0.2) is 23.7 Å². The molecule has 0 bridgehead atoms. The van der Waals surface area contributed by atoms with Gasteiger partial charge in [0.2, 0.25) is 0 Å². The molecule has 0 aliphatic heterocycles. The Balaban J connectivity index is 2.72. The van der Waals surface area contributed by atoms with Crippen molar-refractivity contribution in [1.29, 1.82) is 0 Å². The summed E-state index contributed by atoms with van der Waals surface area (Å²) in [6.07, 6.45) is 0.936. The molecule has 2 N–H and O–H groups in total. The van der Waals surface area contributed by atoms with Crippen molar-refractivity contribution < 1.29 is 9.90 Å². The van der Waals surface area contributed by atoms with Crippen molar-refractivity contribution >= 4 is 5.97 Å². The lowest BCUT2D eigenvalue weighted by atomic mass is 9.97. The van der Waals surface area contributed by atoms with E-state index in [-0.39, 0.29) is 12.5 Å². The van der Waals surface area contributed by atoms with E-state index in [1.54, 1.807) is 0 Å². The van der Waals surface area contributed by atoms with Crippen LogP contribution in [0.3, 0.4) is 0 Å². The van der Waals surface area contributed by atoms with E-state index < -0.39 is 5.97 Å². The molecule has 19 heavy (non-hydrogen) atoms. The molecule has 0 saturated carbocycles. The molecule has 0 fully saturated rings. The molecule has 1 rings (SSSR count). The van der Waals surface area contributed by atoms with Crippen molar-refractivity contribution in [2.75, 3.05) is 6.54 Å². The molecule has 1 aromatic carbocycles. The van der Waals surface area contributed by atoms with Crippen LogP contribution in [0.4, 0.5) is 0 Å². The number of carboxylic acids is 1. The monoisotopic (exact) mass is 263 g/mol. The quantitative estimate of drug-likeness (QED) is 0.795. The number of carbonyl (C=O) groups is 1. The first-order valence-electron chi connectivity index (χ1n) is 6.89. The minimum Gasteiger partial charge on any atom is -0.481 e. The molecule has 1 atom stereocenters. The largest absolute Gasteiger partial charge is 0.481 e. The van der Waals surface area contributed by atoms with Crippen LogP contribution in [0.15, 0.2) is 18.2 Å². The van der Waals surface area contributed by atoms with Crippen molar-refractivity contribution in [2.45, 2.75) is 46.6 Å². The van der Waals surface area contributed by atoms with E-state index in [2.05, 4.69) is 51.2 Å². The first kappa shape index (κ1) is 15.7. The average Bonchev–Trinajstić information content (AvgIpc) is 2.28. The third-order valence-corrected chi connectivity index (χ3v) is 3.20. The molecule has 0 spiro atoms. The minimum absolute atomic E-state index is 0.00121. The second-order valence-electron chi connectivity index (χ2n) is 5.73. The highest BCUT2D eigenvalue weighted by molar-refractivity contribution is 5.67. The van der Waals surface area contributed by atoms with Crippen molar-refractivity contribution in [1.82, 2.24) is 5.32 Å². The van der Waals surface area contributed by atoms with E-state index in [1.165, 1.54) is 16.7 Å². The fourth-order valence-electron chi connectivity index (χ4n) is 2.17. The number of rotatable bonds is 7. The number of carboxylic acid groups (broad SMARTS) is 1. The number of aliphatic carboxylic acids is 1. The highest BCUT2D eigenvalue weighted by atomic mass is 16.4. The van der Waals surface area contributed by atoms with Gasteiger partial charge in [-0.15, -0.1) is 0 Å². The first-order valence-corrected chi connectivity index (χ1v) is 6.89. The molecule has 1 unspecified atom stereocenters. The molecule has 0 aliphatic carbocycles. The van der Waals surface area contributed by atoms with E-state index in [1.807, 2.05) is 0 Å². The standard InChI is InChI=1S/C16H25NO2/c1-11(2)10-17-15(9-16(18)19)8-14-6-5-12(3)7-13(14)4/h5-7,11,15,17H,8-10H2,1-4H3,(H,18,19). The normalized spacial score (nSPS) is 12.7. The van der Waals surface area contributed by atoms with Crippen LogP contribution in [0.2, 0.25) is 0 Å². The van der Waals surface area contributed by atoms with Gasteiger partial charge in [-0.2, -0.15) is 0 Å². The summed E-state index contributed by atoms with van der Waals surface area (Å²) >= 11 is 0. The van der Waals surface area contributed by atoms with E-state index in [0.29, 0.717) is 5.92 Å². The Hall–Kier alpha value is -1.35. The zero-order valence-corrected chi connectivity index (χ0v) is 12.4. The number of hydrogen-bond acceptors (Lipinski definition) is 2. The Labute approximate surface area is 116 Å². The molecule has 0 heterocycles. The number of hydrogen-bond donors (Lipinski definition) is 2. The highest BCUT2D eigenvalue weighted by Crippen LogP contribution is 2.14. The topological polar surface area (TPSA) is 49.3 Å². The third-order valence-electron chi connectivity index (χ3n) is 3.20. The van der Waals surface area contributed by atoms with Gasteiger partial charge in [0.1, 0.15) is 0 Å². The maximum Gasteiger partial charge on any atom is 0.304 e. The van der Waals surface area contributed by atoms with Crippen LogP contribution in [-0.2, 0) is 11.2 Å². The fraction of sp³-hybridized carbons (Fsp3) is 0.562. The Morgan fingerprint density at radius 2 is 2.00 bits per heavy atom. The van der Waals surface area contributed by atoms with Gasteiger partial charge in [0.15, 0.2) is 0 Å². The van der Waals surface area contributed by atoms with Crippen LogP contribution >= 0.6 is 0 Å². The second-order valence-corrected chi connectivity index (χ2v) is 5.73. The summed E-state index contributed by atoms with van der Waals surface area (Å²) in [5.74, 6) is -0.221. The summed E-state index contributed by atoms with van der Waals surface area (Å²) < 4.78 is 0. The molecule has 3 heteroatoms. The lowest BCUT2D eigenvalue weighted by Gasteiger charge is -2.19. The molecule has 3 nitrogen and oxygen atoms in total. The zero-order valence-electron chi connectivity index (χ0n) is 12.4. The molecule has 0 aliphatic rings. The minimum atomic E-state index is -0.744. The van der Waals surface area contributed by atoms with Crippen molar-refractivity contribution in [3.8, 4) is 0 Å². The van der Waals surface area contributed by atoms with Gasteiger partial charge in [-0.05, 0) is 43.9 Å². The molecular formula is C16H25NO2. The van der Waals surface area contributed by atoms with Gasteiger partial charge in [-0.1, -0.05) is 37.6 Å². The molecule has 0 amide bonds. The Morgan fingerprint density at radius 1 is 1.32 bits per heavy atom. The number of benzene rings is 1. The highest BCUT2D eigenvalue weighted by Gasteiger charge is 2.15. The van der Waals surface area contributed by atoms with Crippen LogP contribution in [0.25, 0.3) is 0 Å². The number of aryl methyl sites for hydroxylation is 2. The Kier molecular flexibility index (Phi) is 6.03. The lowest BCUT2D eigenvalue weighted by Crippen LogP contribution is -2.36. The SMILES string of the molecule is Cc1ccc(CC(CC(=O)O)NCC(C)C)c(C)c1. The average molecular weight is 263 g/mol. The van der Waals surface area contributed by atoms with Crippen LogP contribution < -0.4 is 5.32 Å². The summed E-state index contributed by atoms with van der Waals surface area (Å²) in [5.41, 5.74) is 3.71. The zero-order chi connectivity index (χ0) is 14.4. The van der Waals surface area contributed by atoms with Crippen LogP contribution in [0.5, 0.6) is 0 Å². The van der Waals surface area contributed by atoms with Crippen molar-refractivity contribution in [2.24, 2.45) is 5.92 Å². The predicted molar refractivity (Wildman–Crippen MR) is 78.5 cm³/mol. The van der Waals surface area contributed by atoms with E-state index in [4.69, 9.17) is 5.11 Å². The smallest absolute Gasteiger partial charge is 0.304 e. The Morgan fingerprint density at radius 3 is 2.53 bits per heavy atom. The predicted octanol–water partition coefficient (Wildman–Crippen LogP) is 2.93. The van der Waals surface area contributed by atoms with Crippen LogP contribution in [0, 0.1) is 19.8 Å². The Bertz CT molecular complexity index is 427. The van der Waals surface area contributed by atoms with E-state index in [9.17, 15) is 4.79 Å². The maximum atomic E-state index is 10.9.